The van der Waals surface area contributed by atoms with Crippen molar-refractivity contribution in [3.8, 4) is 5.75 Å². The van der Waals surface area contributed by atoms with Crippen LogP contribution in [0.3, 0.4) is 0 Å². The number of para-hydroxylation sites is 1. The molecule has 0 bridgehead atoms. The Morgan fingerprint density at radius 2 is 2.08 bits per heavy atom. The molecule has 0 spiro atoms. The van der Waals surface area contributed by atoms with Crippen molar-refractivity contribution in [3.05, 3.63) is 53.2 Å². The Morgan fingerprint density at radius 3 is 2.88 bits per heavy atom. The molecule has 2 heterocycles. The van der Waals surface area contributed by atoms with Crippen LogP contribution in [0.1, 0.15) is 6.42 Å². The normalized spacial score (nSPS) is 10.8. The fraction of sp³-hybridized carbons (Fsp3) is 0.294. The Labute approximate surface area is 144 Å². The molecule has 130 valence electrons. The van der Waals surface area contributed by atoms with Crippen LogP contribution >= 0.6 is 0 Å². The number of hydrogen-bond acceptors (Lipinski definition) is 5. The molecule has 0 unspecified atom stereocenters. The van der Waals surface area contributed by atoms with Crippen LogP contribution in [0.4, 0.5) is 0 Å². The summed E-state index contributed by atoms with van der Waals surface area (Å²) in [7, 11) is 1.73. The van der Waals surface area contributed by atoms with Gasteiger partial charge < -0.3 is 10.1 Å². The van der Waals surface area contributed by atoms with Gasteiger partial charge in [-0.1, -0.05) is 18.2 Å². The molecule has 0 aliphatic heterocycles. The van der Waals surface area contributed by atoms with Crippen LogP contribution in [0.2, 0.25) is 0 Å². The van der Waals surface area contributed by atoms with E-state index in [4.69, 9.17) is 4.74 Å². The summed E-state index contributed by atoms with van der Waals surface area (Å²) in [5.41, 5.74) is 0.335. The van der Waals surface area contributed by atoms with Crippen molar-refractivity contribution in [2.45, 2.75) is 13.0 Å². The van der Waals surface area contributed by atoms with Gasteiger partial charge in [0.25, 0.3) is 5.56 Å². The number of carbonyl (C=O) groups excluding carboxylic acids is 1. The van der Waals surface area contributed by atoms with Crippen molar-refractivity contribution >= 4 is 16.9 Å². The Balaban J connectivity index is 1.46. The number of carbonyl (C=O) groups is 1. The highest BCUT2D eigenvalue weighted by atomic mass is 16.5. The first kappa shape index (κ1) is 16.7. The van der Waals surface area contributed by atoms with Gasteiger partial charge in [-0.15, -0.1) is 0 Å². The summed E-state index contributed by atoms with van der Waals surface area (Å²) in [5.74, 6) is 0.619. The molecular formula is C17H19N5O3. The highest BCUT2D eigenvalue weighted by Crippen LogP contribution is 2.07. The molecule has 3 rings (SSSR count). The Bertz CT molecular complexity index is 917. The van der Waals surface area contributed by atoms with Crippen LogP contribution in [0.15, 0.2) is 47.7 Å². The summed E-state index contributed by atoms with van der Waals surface area (Å²) >= 11 is 0. The molecule has 0 atom stereocenters. The van der Waals surface area contributed by atoms with E-state index in [0.717, 1.165) is 5.75 Å². The number of rotatable bonds is 7. The molecular weight excluding hydrogens is 322 g/mol. The summed E-state index contributed by atoms with van der Waals surface area (Å²) in [6.45, 7) is 1.06. The van der Waals surface area contributed by atoms with Gasteiger partial charge in [0.05, 0.1) is 19.1 Å². The summed E-state index contributed by atoms with van der Waals surface area (Å²) in [4.78, 5) is 28.4. The maximum atomic E-state index is 12.3. The van der Waals surface area contributed by atoms with Gasteiger partial charge in [0.15, 0.2) is 5.65 Å². The van der Waals surface area contributed by atoms with E-state index in [1.54, 1.807) is 11.7 Å². The summed E-state index contributed by atoms with van der Waals surface area (Å²) in [6.07, 6.45) is 3.12. The lowest BCUT2D eigenvalue weighted by molar-refractivity contribution is -0.121. The Hall–Kier alpha value is -3.16. The standard InChI is InChI=1S/C17H19N5O3/c1-21-16-14(11-20-21)17(24)22(12-19-16)9-7-15(23)18-8-10-25-13-5-3-2-4-6-13/h2-6,11-12H,7-10H2,1H3,(H,18,23). The predicted octanol–water partition coefficient (Wildman–Crippen LogP) is 0.715. The van der Waals surface area contributed by atoms with Crippen LogP contribution < -0.4 is 15.6 Å². The zero-order chi connectivity index (χ0) is 17.6. The first-order chi connectivity index (χ1) is 12.1. The molecule has 1 amide bonds. The van der Waals surface area contributed by atoms with E-state index in [2.05, 4.69) is 15.4 Å². The minimum atomic E-state index is -0.196. The molecule has 3 aromatic rings. The van der Waals surface area contributed by atoms with E-state index < -0.39 is 0 Å². The number of aromatic nitrogens is 4. The van der Waals surface area contributed by atoms with E-state index in [1.807, 2.05) is 30.3 Å². The Morgan fingerprint density at radius 1 is 1.28 bits per heavy atom. The number of nitrogens with zero attached hydrogens (tertiary/aromatic N) is 4. The van der Waals surface area contributed by atoms with E-state index in [0.29, 0.717) is 24.2 Å². The largest absolute Gasteiger partial charge is 0.492 e. The zero-order valence-electron chi connectivity index (χ0n) is 13.9. The number of fused-ring (bicyclic) bond motifs is 1. The monoisotopic (exact) mass is 341 g/mol. The molecule has 0 saturated carbocycles. The third kappa shape index (κ3) is 4.03. The van der Waals surface area contributed by atoms with E-state index in [1.165, 1.54) is 17.1 Å². The van der Waals surface area contributed by atoms with Crippen LogP contribution in [0.5, 0.6) is 5.75 Å². The van der Waals surface area contributed by atoms with E-state index in [-0.39, 0.29) is 24.4 Å². The number of nitrogens with one attached hydrogen (secondary N) is 1. The molecule has 8 nitrogen and oxygen atoms in total. The number of benzene rings is 1. The van der Waals surface area contributed by atoms with Gasteiger partial charge in [0, 0.05) is 20.0 Å². The maximum Gasteiger partial charge on any atom is 0.264 e. The summed E-state index contributed by atoms with van der Waals surface area (Å²) in [5, 5.41) is 7.23. The smallest absolute Gasteiger partial charge is 0.264 e. The highest BCUT2D eigenvalue weighted by Gasteiger charge is 2.09. The second kappa shape index (κ2) is 7.61. The van der Waals surface area contributed by atoms with Crippen molar-refractivity contribution in [2.24, 2.45) is 7.05 Å². The van der Waals surface area contributed by atoms with Gasteiger partial charge >= 0.3 is 0 Å². The van der Waals surface area contributed by atoms with Crippen molar-refractivity contribution in [2.75, 3.05) is 13.2 Å². The second-order valence-corrected chi connectivity index (χ2v) is 5.51. The van der Waals surface area contributed by atoms with Crippen molar-refractivity contribution in [1.29, 1.82) is 0 Å². The highest BCUT2D eigenvalue weighted by molar-refractivity contribution is 5.76. The second-order valence-electron chi connectivity index (χ2n) is 5.51. The maximum absolute atomic E-state index is 12.3. The SMILES string of the molecule is Cn1ncc2c(=O)n(CCC(=O)NCCOc3ccccc3)cnc21. The summed E-state index contributed by atoms with van der Waals surface area (Å²) < 4.78 is 8.46. The van der Waals surface area contributed by atoms with Crippen LogP contribution in [-0.2, 0) is 18.4 Å². The van der Waals surface area contributed by atoms with Gasteiger partial charge in [0.2, 0.25) is 5.91 Å². The number of aryl methyl sites for hydroxylation is 2. The minimum Gasteiger partial charge on any atom is -0.492 e. The number of ether oxygens (including phenoxy) is 1. The van der Waals surface area contributed by atoms with Gasteiger partial charge in [-0.2, -0.15) is 5.10 Å². The Kier molecular flexibility index (Phi) is 5.08. The molecule has 0 aliphatic rings. The van der Waals surface area contributed by atoms with Crippen molar-refractivity contribution < 1.29 is 9.53 Å². The lowest BCUT2D eigenvalue weighted by Crippen LogP contribution is -2.30. The van der Waals surface area contributed by atoms with Crippen LogP contribution in [0.25, 0.3) is 11.0 Å². The number of amides is 1. The first-order valence-corrected chi connectivity index (χ1v) is 7.97. The average Bonchev–Trinajstić information content (AvgIpc) is 3.01. The molecule has 8 heteroatoms. The fourth-order valence-electron chi connectivity index (χ4n) is 2.41. The fourth-order valence-corrected chi connectivity index (χ4v) is 2.41. The number of hydrogen-bond donors (Lipinski definition) is 1. The van der Waals surface area contributed by atoms with Gasteiger partial charge in [0.1, 0.15) is 17.7 Å². The van der Waals surface area contributed by atoms with Crippen LogP contribution in [-0.4, -0.2) is 38.4 Å². The van der Waals surface area contributed by atoms with E-state index in [9.17, 15) is 9.59 Å². The predicted molar refractivity (Wildman–Crippen MR) is 92.3 cm³/mol. The molecule has 2 aromatic heterocycles. The van der Waals surface area contributed by atoms with Gasteiger partial charge in [-0.05, 0) is 12.1 Å². The zero-order valence-corrected chi connectivity index (χ0v) is 13.9. The lowest BCUT2D eigenvalue weighted by Gasteiger charge is -2.08. The third-order valence-electron chi connectivity index (χ3n) is 3.73. The molecule has 25 heavy (non-hydrogen) atoms. The minimum absolute atomic E-state index is 0.144. The van der Waals surface area contributed by atoms with Gasteiger partial charge in [-0.3, -0.25) is 18.8 Å². The van der Waals surface area contributed by atoms with Crippen LogP contribution in [0, 0.1) is 0 Å². The molecule has 1 N–H and O–H groups in total. The quantitative estimate of drug-likeness (QED) is 0.639. The topological polar surface area (TPSA) is 91.0 Å². The first-order valence-electron chi connectivity index (χ1n) is 7.97. The van der Waals surface area contributed by atoms with E-state index >= 15 is 0 Å². The molecule has 0 radical (unpaired) electrons. The lowest BCUT2D eigenvalue weighted by atomic mass is 10.3. The van der Waals surface area contributed by atoms with Gasteiger partial charge in [-0.25, -0.2) is 4.98 Å². The molecule has 1 aromatic carbocycles. The third-order valence-corrected chi connectivity index (χ3v) is 3.73. The summed E-state index contributed by atoms with van der Waals surface area (Å²) in [6, 6.07) is 9.40. The van der Waals surface area contributed by atoms with Crippen molar-refractivity contribution in [3.63, 3.8) is 0 Å². The molecule has 0 aliphatic carbocycles. The molecule has 0 fully saturated rings. The molecule has 0 saturated heterocycles. The average molecular weight is 341 g/mol. The van der Waals surface area contributed by atoms with Crippen molar-refractivity contribution in [1.82, 2.24) is 24.6 Å².